The number of hydrogen-bond donors (Lipinski definition) is 2. The van der Waals surface area contributed by atoms with Gasteiger partial charge in [-0.3, -0.25) is 4.79 Å². The van der Waals surface area contributed by atoms with E-state index in [2.05, 4.69) is 4.72 Å². The van der Waals surface area contributed by atoms with Crippen molar-refractivity contribution in [2.45, 2.75) is 69.6 Å². The molecule has 0 atom stereocenters. The standard InChI is InChI=1S/C12H23NO4S/c1-3-12(4-2,11(14)15)13-18(16,17)10-8-6-5-7-9-10/h10,13H,3-9H2,1-2H3,(H,14,15). The molecule has 0 bridgehead atoms. The van der Waals surface area contributed by atoms with Crippen molar-refractivity contribution in [3.8, 4) is 0 Å². The van der Waals surface area contributed by atoms with Crippen molar-refractivity contribution in [2.75, 3.05) is 0 Å². The zero-order valence-corrected chi connectivity index (χ0v) is 11.9. The van der Waals surface area contributed by atoms with Crippen LogP contribution < -0.4 is 4.72 Å². The van der Waals surface area contributed by atoms with Gasteiger partial charge in [-0.05, 0) is 25.7 Å². The van der Waals surface area contributed by atoms with Crippen LogP contribution in [0.4, 0.5) is 0 Å². The van der Waals surface area contributed by atoms with E-state index in [1.165, 1.54) is 0 Å². The summed E-state index contributed by atoms with van der Waals surface area (Å²) in [4.78, 5) is 11.3. The normalized spacial score (nSPS) is 18.8. The lowest BCUT2D eigenvalue weighted by atomic mass is 9.95. The summed E-state index contributed by atoms with van der Waals surface area (Å²) in [6.07, 6.45) is 4.66. The van der Waals surface area contributed by atoms with Crippen molar-refractivity contribution < 1.29 is 18.3 Å². The van der Waals surface area contributed by atoms with Gasteiger partial charge in [-0.25, -0.2) is 8.42 Å². The number of carboxylic acid groups (broad SMARTS) is 1. The molecule has 0 aliphatic heterocycles. The molecule has 0 spiro atoms. The van der Waals surface area contributed by atoms with Gasteiger partial charge in [0, 0.05) is 0 Å². The fourth-order valence-corrected chi connectivity index (χ4v) is 4.51. The largest absolute Gasteiger partial charge is 0.480 e. The SMILES string of the molecule is CCC(CC)(NS(=O)(=O)C1CCCCC1)C(=O)O. The zero-order chi connectivity index (χ0) is 13.8. The average Bonchev–Trinajstić information content (AvgIpc) is 2.37. The van der Waals surface area contributed by atoms with Gasteiger partial charge in [-0.1, -0.05) is 33.1 Å². The van der Waals surface area contributed by atoms with Gasteiger partial charge in [0.1, 0.15) is 5.54 Å². The molecular formula is C12H23NO4S. The average molecular weight is 277 g/mol. The van der Waals surface area contributed by atoms with Gasteiger partial charge >= 0.3 is 5.97 Å². The van der Waals surface area contributed by atoms with Gasteiger partial charge in [-0.15, -0.1) is 0 Å². The predicted octanol–water partition coefficient (Wildman–Crippen LogP) is 1.88. The van der Waals surface area contributed by atoms with E-state index in [-0.39, 0.29) is 12.8 Å². The van der Waals surface area contributed by atoms with Gasteiger partial charge < -0.3 is 5.11 Å². The maximum absolute atomic E-state index is 12.2. The molecule has 106 valence electrons. The minimum atomic E-state index is -3.54. The second kappa shape index (κ2) is 6.02. The Morgan fingerprint density at radius 3 is 2.11 bits per heavy atom. The van der Waals surface area contributed by atoms with E-state index < -0.39 is 26.8 Å². The highest BCUT2D eigenvalue weighted by molar-refractivity contribution is 7.90. The lowest BCUT2D eigenvalue weighted by Gasteiger charge is -2.31. The lowest BCUT2D eigenvalue weighted by molar-refractivity contribution is -0.144. The molecule has 0 aromatic heterocycles. The molecule has 0 aromatic rings. The third-order valence-corrected chi connectivity index (χ3v) is 5.97. The first-order valence-electron chi connectivity index (χ1n) is 6.64. The summed E-state index contributed by atoms with van der Waals surface area (Å²) in [5.74, 6) is -1.09. The number of carbonyl (C=O) groups is 1. The van der Waals surface area contributed by atoms with Crippen LogP contribution >= 0.6 is 0 Å². The Balaban J connectivity index is 2.88. The van der Waals surface area contributed by atoms with Crippen LogP contribution in [0, 0.1) is 0 Å². The second-order valence-corrected chi connectivity index (χ2v) is 6.96. The molecule has 2 N–H and O–H groups in total. The lowest BCUT2D eigenvalue weighted by Crippen LogP contribution is -2.56. The van der Waals surface area contributed by atoms with Crippen LogP contribution in [0.25, 0.3) is 0 Å². The van der Waals surface area contributed by atoms with Crippen LogP contribution in [0.3, 0.4) is 0 Å². The maximum Gasteiger partial charge on any atom is 0.324 e. The molecule has 1 aliphatic carbocycles. The highest BCUT2D eigenvalue weighted by Crippen LogP contribution is 2.26. The number of rotatable bonds is 6. The number of sulfonamides is 1. The molecule has 1 fully saturated rings. The number of hydrogen-bond acceptors (Lipinski definition) is 3. The molecule has 0 heterocycles. The van der Waals surface area contributed by atoms with Crippen LogP contribution in [0.15, 0.2) is 0 Å². The van der Waals surface area contributed by atoms with Crippen LogP contribution in [-0.4, -0.2) is 30.3 Å². The third-order valence-electron chi connectivity index (χ3n) is 3.95. The van der Waals surface area contributed by atoms with E-state index >= 15 is 0 Å². The Hall–Kier alpha value is -0.620. The van der Waals surface area contributed by atoms with E-state index in [1.807, 2.05) is 0 Å². The molecule has 18 heavy (non-hydrogen) atoms. The topological polar surface area (TPSA) is 83.5 Å². The molecule has 1 rings (SSSR count). The van der Waals surface area contributed by atoms with E-state index in [0.29, 0.717) is 12.8 Å². The molecule has 1 aliphatic rings. The number of nitrogens with one attached hydrogen (secondary N) is 1. The monoisotopic (exact) mass is 277 g/mol. The Morgan fingerprint density at radius 2 is 1.72 bits per heavy atom. The van der Waals surface area contributed by atoms with Crippen LogP contribution in [0.5, 0.6) is 0 Å². The summed E-state index contributed by atoms with van der Waals surface area (Å²) >= 11 is 0. The first-order valence-corrected chi connectivity index (χ1v) is 8.19. The van der Waals surface area contributed by atoms with Crippen LogP contribution in [0.1, 0.15) is 58.8 Å². The Bertz CT molecular complexity index is 381. The van der Waals surface area contributed by atoms with Gasteiger partial charge in [0.25, 0.3) is 0 Å². The minimum Gasteiger partial charge on any atom is -0.480 e. The van der Waals surface area contributed by atoms with Crippen molar-refractivity contribution in [1.29, 1.82) is 0 Å². The predicted molar refractivity (Wildman–Crippen MR) is 69.9 cm³/mol. The third kappa shape index (κ3) is 3.23. The van der Waals surface area contributed by atoms with E-state index in [9.17, 15) is 18.3 Å². The fraction of sp³-hybridized carbons (Fsp3) is 0.917. The summed E-state index contributed by atoms with van der Waals surface area (Å²) in [6, 6.07) is 0. The summed E-state index contributed by atoms with van der Waals surface area (Å²) in [5.41, 5.74) is -1.35. The van der Waals surface area contributed by atoms with Gasteiger partial charge in [-0.2, -0.15) is 4.72 Å². The van der Waals surface area contributed by atoms with Crippen LogP contribution in [0.2, 0.25) is 0 Å². The minimum absolute atomic E-state index is 0.255. The van der Waals surface area contributed by atoms with Gasteiger partial charge in [0.05, 0.1) is 5.25 Å². The molecule has 0 unspecified atom stereocenters. The van der Waals surface area contributed by atoms with Crippen molar-refractivity contribution >= 4 is 16.0 Å². The van der Waals surface area contributed by atoms with E-state index in [1.54, 1.807) is 13.8 Å². The molecule has 5 nitrogen and oxygen atoms in total. The molecule has 0 amide bonds. The molecule has 0 radical (unpaired) electrons. The number of carboxylic acids is 1. The summed E-state index contributed by atoms with van der Waals surface area (Å²) < 4.78 is 26.9. The Kier molecular flexibility index (Phi) is 5.16. The highest BCUT2D eigenvalue weighted by Gasteiger charge is 2.41. The summed E-state index contributed by atoms with van der Waals surface area (Å²) in [5, 5.41) is 8.83. The second-order valence-electron chi connectivity index (χ2n) is 5.00. The van der Waals surface area contributed by atoms with Crippen molar-refractivity contribution in [3.63, 3.8) is 0 Å². The van der Waals surface area contributed by atoms with Crippen LogP contribution in [-0.2, 0) is 14.8 Å². The van der Waals surface area contributed by atoms with Gasteiger partial charge in [0.2, 0.25) is 10.0 Å². The first kappa shape index (κ1) is 15.4. The van der Waals surface area contributed by atoms with E-state index in [4.69, 9.17) is 0 Å². The Morgan fingerprint density at radius 1 is 1.22 bits per heavy atom. The van der Waals surface area contributed by atoms with Crippen molar-refractivity contribution in [1.82, 2.24) is 4.72 Å². The molecule has 0 aromatic carbocycles. The summed E-state index contributed by atoms with van der Waals surface area (Å²) in [6.45, 7) is 3.39. The number of aliphatic carboxylic acids is 1. The van der Waals surface area contributed by atoms with Gasteiger partial charge in [0.15, 0.2) is 0 Å². The molecular weight excluding hydrogens is 254 g/mol. The smallest absolute Gasteiger partial charge is 0.324 e. The summed E-state index contributed by atoms with van der Waals surface area (Å²) in [7, 11) is -3.54. The molecule has 1 saturated carbocycles. The van der Waals surface area contributed by atoms with Crippen molar-refractivity contribution in [3.05, 3.63) is 0 Å². The molecule has 0 saturated heterocycles. The quantitative estimate of drug-likeness (QED) is 0.776. The maximum atomic E-state index is 12.2. The molecule has 6 heteroatoms. The van der Waals surface area contributed by atoms with E-state index in [0.717, 1.165) is 19.3 Å². The highest BCUT2D eigenvalue weighted by atomic mass is 32.2. The zero-order valence-electron chi connectivity index (χ0n) is 11.1. The fourth-order valence-electron chi connectivity index (χ4n) is 2.47. The Labute approximate surface area is 109 Å². The first-order chi connectivity index (χ1) is 8.38. The van der Waals surface area contributed by atoms with Crippen molar-refractivity contribution in [2.24, 2.45) is 0 Å².